The molecule has 7 nitrogen and oxygen atoms in total. The minimum atomic E-state index is -0.684. The zero-order valence-corrected chi connectivity index (χ0v) is 20.0. The number of nitrogens with zero attached hydrogens (tertiary/aromatic N) is 4. The summed E-state index contributed by atoms with van der Waals surface area (Å²) in [6.07, 6.45) is 9.07. The topological polar surface area (TPSA) is 86.6 Å². The van der Waals surface area contributed by atoms with Crippen molar-refractivity contribution in [2.45, 2.75) is 48.8 Å². The lowest BCUT2D eigenvalue weighted by Crippen LogP contribution is -2.31. The molecule has 1 N–H and O–H groups in total. The third-order valence-corrected chi connectivity index (χ3v) is 8.72. The van der Waals surface area contributed by atoms with Gasteiger partial charge in [-0.25, -0.2) is 4.98 Å². The highest BCUT2D eigenvalue weighted by molar-refractivity contribution is 7.80. The van der Waals surface area contributed by atoms with E-state index in [2.05, 4.69) is 16.0 Å². The molecule has 4 aliphatic rings. The summed E-state index contributed by atoms with van der Waals surface area (Å²) < 4.78 is 0. The Labute approximate surface area is 205 Å². The average molecular weight is 479 g/mol. The average Bonchev–Trinajstić information content (AvgIpc) is 3.36. The molecular weight excluding hydrogens is 448 g/mol. The second-order valence-corrected chi connectivity index (χ2v) is 10.8. The van der Waals surface area contributed by atoms with Gasteiger partial charge in [-0.15, -0.1) is 12.6 Å². The second-order valence-electron chi connectivity index (χ2n) is 10.4. The number of fused-ring (bicyclic) bond motifs is 1. The van der Waals surface area contributed by atoms with Crippen LogP contribution >= 0.6 is 12.6 Å². The SMILES string of the molecule is O=C(O)C1[C@H]2CN(c3nc(C4CCCC4)c(C(=O)N4CCC(c5cccnc5)C4)cc3S)C[C@@H]12. The summed E-state index contributed by atoms with van der Waals surface area (Å²) in [5.41, 5.74) is 2.79. The zero-order chi connectivity index (χ0) is 23.4. The number of thiol groups is 1. The van der Waals surface area contributed by atoms with E-state index in [4.69, 9.17) is 17.6 Å². The van der Waals surface area contributed by atoms with Crippen LogP contribution in [-0.2, 0) is 4.79 Å². The van der Waals surface area contributed by atoms with E-state index in [-0.39, 0.29) is 23.7 Å². The molecule has 0 bridgehead atoms. The lowest BCUT2D eigenvalue weighted by molar-refractivity contribution is -0.139. The van der Waals surface area contributed by atoms with Crippen LogP contribution in [0.3, 0.4) is 0 Å². The Morgan fingerprint density at radius 3 is 2.50 bits per heavy atom. The molecule has 0 aromatic carbocycles. The van der Waals surface area contributed by atoms with Crippen molar-refractivity contribution in [3.05, 3.63) is 47.4 Å². The molecule has 34 heavy (non-hydrogen) atoms. The number of rotatable bonds is 5. The van der Waals surface area contributed by atoms with Gasteiger partial charge in [-0.05, 0) is 48.8 Å². The molecule has 2 saturated carbocycles. The fourth-order valence-electron chi connectivity index (χ4n) is 6.49. The molecule has 2 aliphatic carbocycles. The Morgan fingerprint density at radius 1 is 1.06 bits per heavy atom. The molecule has 0 spiro atoms. The summed E-state index contributed by atoms with van der Waals surface area (Å²) in [6, 6.07) is 5.97. The van der Waals surface area contributed by atoms with Crippen molar-refractivity contribution in [3.8, 4) is 0 Å². The normalized spacial score (nSPS) is 28.4. The van der Waals surface area contributed by atoms with Crippen molar-refractivity contribution in [2.24, 2.45) is 17.8 Å². The van der Waals surface area contributed by atoms with E-state index in [1.165, 1.54) is 18.4 Å². The molecule has 4 fully saturated rings. The smallest absolute Gasteiger partial charge is 0.307 e. The second kappa shape index (κ2) is 8.56. The van der Waals surface area contributed by atoms with Gasteiger partial charge in [0.15, 0.2) is 0 Å². The lowest BCUT2D eigenvalue weighted by Gasteiger charge is -2.26. The first-order valence-corrected chi connectivity index (χ1v) is 12.9. The van der Waals surface area contributed by atoms with Crippen LogP contribution in [0.2, 0.25) is 0 Å². The number of hydrogen-bond acceptors (Lipinski definition) is 6. The number of aromatic nitrogens is 2. The van der Waals surface area contributed by atoms with Crippen LogP contribution in [0.4, 0.5) is 5.82 Å². The van der Waals surface area contributed by atoms with Crippen LogP contribution in [0, 0.1) is 17.8 Å². The van der Waals surface area contributed by atoms with Crippen molar-refractivity contribution in [1.82, 2.24) is 14.9 Å². The third kappa shape index (κ3) is 3.76. The van der Waals surface area contributed by atoms with E-state index in [0.717, 1.165) is 37.3 Å². The molecule has 6 rings (SSSR count). The monoisotopic (exact) mass is 478 g/mol. The summed E-state index contributed by atoms with van der Waals surface area (Å²) >= 11 is 4.75. The lowest BCUT2D eigenvalue weighted by atomic mass is 9.97. The molecule has 4 heterocycles. The highest BCUT2D eigenvalue weighted by atomic mass is 32.1. The highest BCUT2D eigenvalue weighted by Crippen LogP contribution is 2.53. The van der Waals surface area contributed by atoms with E-state index in [1.54, 1.807) is 6.20 Å². The highest BCUT2D eigenvalue weighted by Gasteiger charge is 2.60. The van der Waals surface area contributed by atoms with Crippen molar-refractivity contribution >= 4 is 30.3 Å². The molecule has 0 radical (unpaired) electrons. The Hall–Kier alpha value is -2.61. The molecule has 2 saturated heterocycles. The Balaban J connectivity index is 1.26. The minimum Gasteiger partial charge on any atom is -0.481 e. The Morgan fingerprint density at radius 2 is 1.82 bits per heavy atom. The van der Waals surface area contributed by atoms with Crippen molar-refractivity contribution in [3.63, 3.8) is 0 Å². The van der Waals surface area contributed by atoms with Crippen LogP contribution in [0.15, 0.2) is 35.5 Å². The first-order chi connectivity index (χ1) is 16.5. The minimum absolute atomic E-state index is 0.0536. The predicted molar refractivity (Wildman–Crippen MR) is 131 cm³/mol. The van der Waals surface area contributed by atoms with E-state index in [0.29, 0.717) is 41.9 Å². The number of carbonyl (C=O) groups excluding carboxylic acids is 1. The molecule has 178 valence electrons. The van der Waals surface area contributed by atoms with Crippen LogP contribution in [0.5, 0.6) is 0 Å². The van der Waals surface area contributed by atoms with Crippen LogP contribution in [-0.4, -0.2) is 58.0 Å². The van der Waals surface area contributed by atoms with Gasteiger partial charge in [-0.1, -0.05) is 18.9 Å². The van der Waals surface area contributed by atoms with Gasteiger partial charge in [-0.3, -0.25) is 14.6 Å². The number of aliphatic carboxylic acids is 1. The number of piperidine rings is 1. The van der Waals surface area contributed by atoms with Gasteiger partial charge in [0.1, 0.15) is 5.82 Å². The van der Waals surface area contributed by atoms with Gasteiger partial charge in [0, 0.05) is 55.3 Å². The quantitative estimate of drug-likeness (QED) is 0.636. The fraction of sp³-hybridized carbons (Fsp3) is 0.538. The summed E-state index contributed by atoms with van der Waals surface area (Å²) in [4.78, 5) is 39.3. The maximum Gasteiger partial charge on any atom is 0.307 e. The maximum absolute atomic E-state index is 13.7. The van der Waals surface area contributed by atoms with E-state index >= 15 is 0 Å². The van der Waals surface area contributed by atoms with Crippen molar-refractivity contribution < 1.29 is 14.7 Å². The molecule has 8 heteroatoms. The van der Waals surface area contributed by atoms with Gasteiger partial charge >= 0.3 is 5.97 Å². The molecule has 4 atom stereocenters. The summed E-state index contributed by atoms with van der Waals surface area (Å²) in [7, 11) is 0. The van der Waals surface area contributed by atoms with E-state index < -0.39 is 5.97 Å². The summed E-state index contributed by atoms with van der Waals surface area (Å²) in [6.45, 7) is 2.85. The number of likely N-dealkylation sites (tertiary alicyclic amines) is 1. The van der Waals surface area contributed by atoms with Gasteiger partial charge in [0.25, 0.3) is 5.91 Å². The first-order valence-electron chi connectivity index (χ1n) is 12.4. The number of pyridine rings is 2. The molecule has 2 aromatic heterocycles. The summed E-state index contributed by atoms with van der Waals surface area (Å²) in [5.74, 6) is 0.996. The number of amides is 1. The van der Waals surface area contributed by atoms with Crippen molar-refractivity contribution in [2.75, 3.05) is 31.1 Å². The van der Waals surface area contributed by atoms with Crippen LogP contribution in [0.1, 0.15) is 65.6 Å². The number of carboxylic acids is 1. The molecule has 2 aliphatic heterocycles. The van der Waals surface area contributed by atoms with Crippen LogP contribution in [0.25, 0.3) is 0 Å². The van der Waals surface area contributed by atoms with Gasteiger partial charge < -0.3 is 14.9 Å². The Bertz CT molecular complexity index is 1110. The largest absolute Gasteiger partial charge is 0.481 e. The Kier molecular flexibility index (Phi) is 5.51. The molecular formula is C26H30N4O3S. The standard InChI is InChI=1S/C26H30N4O3S/c31-25(29-9-7-17(12-29)16-6-3-8-27-11-16)18-10-21(34)24(28-23(18)15-4-1-2-5-15)30-13-19-20(14-30)22(19)26(32)33/h3,6,8,10-11,15,17,19-20,22,34H,1-2,4-5,7,9,12-14H2,(H,32,33)/t17?,19-,20+,22?. The number of hydrogen-bond donors (Lipinski definition) is 2. The number of anilines is 1. The predicted octanol–water partition coefficient (Wildman–Crippen LogP) is 3.82. The van der Waals surface area contributed by atoms with Gasteiger partial charge in [0.05, 0.1) is 17.2 Å². The number of carboxylic acid groups (broad SMARTS) is 1. The first kappa shape index (κ1) is 21.9. The van der Waals surface area contributed by atoms with E-state index in [1.807, 2.05) is 23.2 Å². The van der Waals surface area contributed by atoms with Crippen LogP contribution < -0.4 is 4.90 Å². The third-order valence-electron chi connectivity index (χ3n) is 8.39. The maximum atomic E-state index is 13.7. The molecule has 2 unspecified atom stereocenters. The fourth-order valence-corrected chi connectivity index (χ4v) is 6.81. The van der Waals surface area contributed by atoms with Gasteiger partial charge in [-0.2, -0.15) is 0 Å². The zero-order valence-electron chi connectivity index (χ0n) is 19.1. The molecule has 2 aromatic rings. The van der Waals surface area contributed by atoms with Gasteiger partial charge in [0.2, 0.25) is 0 Å². The molecule has 1 amide bonds. The number of carbonyl (C=O) groups is 2. The van der Waals surface area contributed by atoms with Crippen molar-refractivity contribution in [1.29, 1.82) is 0 Å². The summed E-state index contributed by atoms with van der Waals surface area (Å²) in [5, 5.41) is 9.36. The van der Waals surface area contributed by atoms with E-state index in [9.17, 15) is 14.7 Å².